The Bertz CT molecular complexity index is 1260. The third-order valence-electron chi connectivity index (χ3n) is 5.52. The SMILES string of the molecule is CN(CC1CCCO1)C(=O)Cn1cc(-c2nc(-c3ccc(-c4cnc(N)nc4)nc3)no2)cn1. The summed E-state index contributed by atoms with van der Waals surface area (Å²) in [5.41, 5.74) is 8.28. The summed E-state index contributed by atoms with van der Waals surface area (Å²) >= 11 is 0. The molecule has 0 aliphatic carbocycles. The van der Waals surface area contributed by atoms with Gasteiger partial charge in [0.05, 0.1) is 23.6 Å². The van der Waals surface area contributed by atoms with Crippen molar-refractivity contribution in [3.8, 4) is 34.1 Å². The van der Waals surface area contributed by atoms with Crippen LogP contribution in [0.15, 0.2) is 47.6 Å². The molecule has 34 heavy (non-hydrogen) atoms. The standard InChI is InChI=1S/C22H23N9O3/c1-30(12-17-3-2-6-33-17)19(32)13-31-11-16(10-27-31)21-28-20(29-34-21)14-4-5-18(24-7-14)15-8-25-22(23)26-9-15/h4-5,7-11,17H,2-3,6,12-13H2,1H3,(H2,23,25,26). The Balaban J connectivity index is 1.23. The molecule has 1 atom stereocenters. The van der Waals surface area contributed by atoms with Crippen LogP contribution in [0.2, 0.25) is 0 Å². The van der Waals surface area contributed by atoms with Crippen molar-refractivity contribution in [1.82, 2.24) is 39.8 Å². The Morgan fingerprint density at radius 1 is 1.15 bits per heavy atom. The van der Waals surface area contributed by atoms with Gasteiger partial charge in [-0.1, -0.05) is 5.16 Å². The normalized spacial score (nSPS) is 15.5. The van der Waals surface area contributed by atoms with Gasteiger partial charge >= 0.3 is 0 Å². The molecule has 1 aliphatic rings. The summed E-state index contributed by atoms with van der Waals surface area (Å²) in [7, 11) is 1.78. The van der Waals surface area contributed by atoms with Crippen LogP contribution in [0.5, 0.6) is 0 Å². The minimum atomic E-state index is -0.0472. The highest BCUT2D eigenvalue weighted by atomic mass is 16.5. The van der Waals surface area contributed by atoms with E-state index in [1.165, 1.54) is 0 Å². The predicted octanol–water partition coefficient (Wildman–Crippen LogP) is 1.67. The molecule has 1 fully saturated rings. The summed E-state index contributed by atoms with van der Waals surface area (Å²) < 4.78 is 12.6. The number of carbonyl (C=O) groups is 1. The highest BCUT2D eigenvalue weighted by Crippen LogP contribution is 2.23. The first kappa shape index (κ1) is 21.6. The number of nitrogens with two attached hydrogens (primary N) is 1. The second-order valence-corrected chi connectivity index (χ2v) is 8.02. The van der Waals surface area contributed by atoms with Crippen LogP contribution in [0.1, 0.15) is 12.8 Å². The quantitative estimate of drug-likeness (QED) is 0.430. The van der Waals surface area contributed by atoms with Crippen molar-refractivity contribution in [2.45, 2.75) is 25.5 Å². The molecule has 12 heteroatoms. The third kappa shape index (κ3) is 4.76. The van der Waals surface area contributed by atoms with Crippen molar-refractivity contribution in [3.05, 3.63) is 43.1 Å². The van der Waals surface area contributed by atoms with Gasteiger partial charge in [-0.05, 0) is 25.0 Å². The predicted molar refractivity (Wildman–Crippen MR) is 121 cm³/mol. The van der Waals surface area contributed by atoms with Gasteiger partial charge < -0.3 is 19.9 Å². The van der Waals surface area contributed by atoms with Gasteiger partial charge in [0.2, 0.25) is 17.7 Å². The number of carbonyl (C=O) groups excluding carboxylic acids is 1. The van der Waals surface area contributed by atoms with E-state index in [9.17, 15) is 4.79 Å². The maximum absolute atomic E-state index is 12.5. The molecule has 1 amide bonds. The number of hydrogen-bond acceptors (Lipinski definition) is 10. The number of nitrogen functional groups attached to an aromatic ring is 1. The number of rotatable bonds is 7. The lowest BCUT2D eigenvalue weighted by molar-refractivity contribution is -0.132. The molecule has 12 nitrogen and oxygen atoms in total. The van der Waals surface area contributed by atoms with Crippen LogP contribution in [0.3, 0.4) is 0 Å². The molecule has 4 aromatic heterocycles. The monoisotopic (exact) mass is 461 g/mol. The molecule has 0 aromatic carbocycles. The third-order valence-corrected chi connectivity index (χ3v) is 5.52. The van der Waals surface area contributed by atoms with Gasteiger partial charge in [-0.25, -0.2) is 9.97 Å². The molecule has 0 bridgehead atoms. The molecule has 1 aliphatic heterocycles. The molecule has 1 saturated heterocycles. The van der Waals surface area contributed by atoms with Crippen LogP contribution in [0.4, 0.5) is 5.95 Å². The highest BCUT2D eigenvalue weighted by molar-refractivity contribution is 5.75. The zero-order valence-corrected chi connectivity index (χ0v) is 18.5. The summed E-state index contributed by atoms with van der Waals surface area (Å²) in [6.45, 7) is 1.46. The van der Waals surface area contributed by atoms with Crippen molar-refractivity contribution in [2.24, 2.45) is 0 Å². The highest BCUT2D eigenvalue weighted by Gasteiger charge is 2.21. The molecule has 5 heterocycles. The van der Waals surface area contributed by atoms with Crippen LogP contribution in [0.25, 0.3) is 34.1 Å². The van der Waals surface area contributed by atoms with Crippen LogP contribution in [-0.4, -0.2) is 72.0 Å². The number of amides is 1. The first-order valence-corrected chi connectivity index (χ1v) is 10.8. The maximum Gasteiger partial charge on any atom is 0.261 e. The van der Waals surface area contributed by atoms with Gasteiger partial charge in [0.15, 0.2) is 0 Å². The fraction of sp³-hybridized carbons (Fsp3) is 0.318. The van der Waals surface area contributed by atoms with Crippen LogP contribution in [-0.2, 0) is 16.1 Å². The van der Waals surface area contributed by atoms with Gasteiger partial charge in [-0.15, -0.1) is 0 Å². The Labute approximate surface area is 194 Å². The van der Waals surface area contributed by atoms with Crippen molar-refractivity contribution in [3.63, 3.8) is 0 Å². The fourth-order valence-electron chi connectivity index (χ4n) is 3.64. The second kappa shape index (κ2) is 9.35. The number of anilines is 1. The van der Waals surface area contributed by atoms with Gasteiger partial charge in [0, 0.05) is 56.1 Å². The van der Waals surface area contributed by atoms with E-state index in [-0.39, 0.29) is 24.5 Å². The summed E-state index contributed by atoms with van der Waals surface area (Å²) in [5.74, 6) is 0.854. The summed E-state index contributed by atoms with van der Waals surface area (Å²) in [4.78, 5) is 31.0. The summed E-state index contributed by atoms with van der Waals surface area (Å²) in [6, 6.07) is 3.65. The van der Waals surface area contributed by atoms with Crippen LogP contribution in [0, 0.1) is 0 Å². The average Bonchev–Trinajstić information content (AvgIpc) is 3.62. The van der Waals surface area contributed by atoms with E-state index in [2.05, 4.69) is 30.2 Å². The van der Waals surface area contributed by atoms with Crippen molar-refractivity contribution < 1.29 is 14.1 Å². The Morgan fingerprint density at radius 3 is 2.71 bits per heavy atom. The zero-order chi connectivity index (χ0) is 23.5. The van der Waals surface area contributed by atoms with Gasteiger partial charge in [-0.2, -0.15) is 10.1 Å². The molecular weight excluding hydrogens is 438 g/mol. The average molecular weight is 461 g/mol. The van der Waals surface area contributed by atoms with Gasteiger partial charge in [0.25, 0.3) is 5.89 Å². The molecule has 174 valence electrons. The minimum absolute atomic E-state index is 0.0472. The van der Waals surface area contributed by atoms with Crippen LogP contribution >= 0.6 is 0 Å². The molecular formula is C22H23N9O3. The van der Waals surface area contributed by atoms with E-state index in [0.717, 1.165) is 25.0 Å². The molecule has 2 N–H and O–H groups in total. The number of aromatic nitrogens is 7. The van der Waals surface area contributed by atoms with E-state index < -0.39 is 0 Å². The zero-order valence-electron chi connectivity index (χ0n) is 18.5. The lowest BCUT2D eigenvalue weighted by atomic mass is 10.2. The summed E-state index contributed by atoms with van der Waals surface area (Å²) in [6.07, 6.45) is 10.3. The number of pyridine rings is 1. The molecule has 0 spiro atoms. The first-order chi connectivity index (χ1) is 16.5. The van der Waals surface area contributed by atoms with Crippen molar-refractivity contribution in [2.75, 3.05) is 25.9 Å². The minimum Gasteiger partial charge on any atom is -0.376 e. The van der Waals surface area contributed by atoms with E-state index in [1.807, 2.05) is 12.1 Å². The summed E-state index contributed by atoms with van der Waals surface area (Å²) in [5, 5.41) is 8.30. The molecule has 4 aromatic rings. The van der Waals surface area contributed by atoms with Crippen molar-refractivity contribution >= 4 is 11.9 Å². The van der Waals surface area contributed by atoms with E-state index in [4.69, 9.17) is 15.0 Å². The second-order valence-electron chi connectivity index (χ2n) is 8.02. The van der Waals surface area contributed by atoms with E-state index in [0.29, 0.717) is 35.1 Å². The number of likely N-dealkylation sites (N-methyl/N-ethyl adjacent to an activating group) is 1. The Morgan fingerprint density at radius 2 is 1.97 bits per heavy atom. The molecule has 0 saturated carbocycles. The number of nitrogens with zero attached hydrogens (tertiary/aromatic N) is 8. The topological polar surface area (TPSA) is 151 Å². The van der Waals surface area contributed by atoms with E-state index >= 15 is 0 Å². The molecule has 5 rings (SSSR count). The smallest absolute Gasteiger partial charge is 0.261 e. The Hall–Kier alpha value is -4.19. The first-order valence-electron chi connectivity index (χ1n) is 10.8. The maximum atomic E-state index is 12.5. The van der Waals surface area contributed by atoms with E-state index in [1.54, 1.807) is 47.6 Å². The number of hydrogen-bond donors (Lipinski definition) is 1. The molecule has 1 unspecified atom stereocenters. The van der Waals surface area contributed by atoms with Crippen LogP contribution < -0.4 is 5.73 Å². The molecule has 0 radical (unpaired) electrons. The van der Waals surface area contributed by atoms with Crippen molar-refractivity contribution in [1.29, 1.82) is 0 Å². The van der Waals surface area contributed by atoms with Gasteiger partial charge in [0.1, 0.15) is 6.54 Å². The Kier molecular flexibility index (Phi) is 5.95. The fourth-order valence-corrected chi connectivity index (χ4v) is 3.64. The number of ether oxygens (including phenoxy) is 1. The lowest BCUT2D eigenvalue weighted by Gasteiger charge is -2.20. The van der Waals surface area contributed by atoms with Gasteiger partial charge in [-0.3, -0.25) is 14.5 Å². The largest absolute Gasteiger partial charge is 0.376 e. The lowest BCUT2D eigenvalue weighted by Crippen LogP contribution is -2.36.